The molecule has 0 saturated carbocycles. The minimum atomic E-state index is -0.291. The topological polar surface area (TPSA) is 83.5 Å². The molecule has 10 heteroatoms. The third-order valence-electron chi connectivity index (χ3n) is 5.57. The molecule has 2 aromatic carbocycles. The monoisotopic (exact) mass is 464 g/mol. The molecular weight excluding hydrogens is 443 g/mol. The second-order valence-electron chi connectivity index (χ2n) is 7.52. The molecule has 0 atom stereocenters. The first-order chi connectivity index (χ1) is 16.1. The number of aromatic nitrogens is 3. The molecule has 1 fully saturated rings. The number of carbonyl (C=O) groups is 1. The SMILES string of the molecule is COc1ccccc1NC(=O)N1CCN(c2ncnc3c(-c4ccc(F)cc4)nsc23)CC1. The van der Waals surface area contributed by atoms with Crippen molar-refractivity contribution in [2.24, 2.45) is 0 Å². The van der Waals surface area contributed by atoms with Crippen LogP contribution in [0.1, 0.15) is 0 Å². The number of nitrogens with zero attached hydrogens (tertiary/aromatic N) is 5. The number of amides is 2. The van der Waals surface area contributed by atoms with Crippen molar-refractivity contribution in [1.29, 1.82) is 0 Å². The highest BCUT2D eigenvalue weighted by atomic mass is 32.1. The summed E-state index contributed by atoms with van der Waals surface area (Å²) >= 11 is 1.33. The Hall–Kier alpha value is -3.79. The van der Waals surface area contributed by atoms with Crippen LogP contribution in [0.4, 0.5) is 20.7 Å². The molecule has 5 rings (SSSR count). The molecule has 3 heterocycles. The maximum Gasteiger partial charge on any atom is 0.322 e. The standard InChI is InChI=1S/C23H21FN6O2S/c1-32-18-5-3-2-4-17(18)27-23(31)30-12-10-29(11-13-30)22-21-20(25-14-26-22)19(28-33-21)15-6-8-16(24)9-7-15/h2-9,14H,10-13H2,1H3,(H,27,31). The van der Waals surface area contributed by atoms with Crippen LogP contribution in [0.3, 0.4) is 0 Å². The van der Waals surface area contributed by atoms with Gasteiger partial charge in [0.2, 0.25) is 0 Å². The number of anilines is 2. The Labute approximate surface area is 193 Å². The first-order valence-corrected chi connectivity index (χ1v) is 11.2. The molecule has 0 radical (unpaired) electrons. The number of hydrogen-bond donors (Lipinski definition) is 1. The number of carbonyl (C=O) groups excluding carboxylic acids is 1. The van der Waals surface area contributed by atoms with E-state index in [0.29, 0.717) is 43.3 Å². The summed E-state index contributed by atoms with van der Waals surface area (Å²) in [6.07, 6.45) is 1.53. The zero-order chi connectivity index (χ0) is 22.8. The van der Waals surface area contributed by atoms with Gasteiger partial charge < -0.3 is 19.9 Å². The van der Waals surface area contributed by atoms with Crippen molar-refractivity contribution in [1.82, 2.24) is 19.2 Å². The summed E-state index contributed by atoms with van der Waals surface area (Å²) < 4.78 is 24.1. The predicted molar refractivity (Wildman–Crippen MR) is 126 cm³/mol. The van der Waals surface area contributed by atoms with Gasteiger partial charge in [-0.2, -0.15) is 4.37 Å². The molecular formula is C23H21FN6O2S. The largest absolute Gasteiger partial charge is 0.495 e. The zero-order valence-corrected chi connectivity index (χ0v) is 18.7. The van der Waals surface area contributed by atoms with E-state index in [2.05, 4.69) is 24.6 Å². The van der Waals surface area contributed by atoms with Crippen LogP contribution in [0.15, 0.2) is 54.9 Å². The second kappa shape index (κ2) is 8.99. The van der Waals surface area contributed by atoms with Crippen LogP contribution in [0.5, 0.6) is 5.75 Å². The number of ether oxygens (including phenoxy) is 1. The van der Waals surface area contributed by atoms with E-state index < -0.39 is 0 Å². The van der Waals surface area contributed by atoms with Crippen molar-refractivity contribution in [3.63, 3.8) is 0 Å². The van der Waals surface area contributed by atoms with E-state index in [1.807, 2.05) is 24.3 Å². The molecule has 8 nitrogen and oxygen atoms in total. The van der Waals surface area contributed by atoms with Crippen molar-refractivity contribution >= 4 is 39.3 Å². The van der Waals surface area contributed by atoms with E-state index in [1.54, 1.807) is 24.1 Å². The Morgan fingerprint density at radius 1 is 1.06 bits per heavy atom. The van der Waals surface area contributed by atoms with Gasteiger partial charge in [0.25, 0.3) is 0 Å². The zero-order valence-electron chi connectivity index (χ0n) is 17.9. The molecule has 1 aliphatic rings. The molecule has 1 N–H and O–H groups in total. The molecule has 2 amide bonds. The first kappa shape index (κ1) is 21.1. The second-order valence-corrected chi connectivity index (χ2v) is 8.29. The highest BCUT2D eigenvalue weighted by Gasteiger charge is 2.25. The number of hydrogen-bond acceptors (Lipinski definition) is 7. The maximum absolute atomic E-state index is 13.3. The predicted octanol–water partition coefficient (Wildman–Crippen LogP) is 4.26. The van der Waals surface area contributed by atoms with Crippen LogP contribution in [0, 0.1) is 5.82 Å². The first-order valence-electron chi connectivity index (χ1n) is 10.4. The van der Waals surface area contributed by atoms with Crippen LogP contribution in [0.25, 0.3) is 21.5 Å². The fourth-order valence-corrected chi connectivity index (χ4v) is 4.71. The Bertz CT molecular complexity index is 1290. The molecule has 0 bridgehead atoms. The van der Waals surface area contributed by atoms with Crippen molar-refractivity contribution in [3.8, 4) is 17.0 Å². The number of urea groups is 1. The van der Waals surface area contributed by atoms with Crippen LogP contribution < -0.4 is 15.0 Å². The van der Waals surface area contributed by atoms with E-state index in [9.17, 15) is 9.18 Å². The lowest BCUT2D eigenvalue weighted by Gasteiger charge is -2.35. The summed E-state index contributed by atoms with van der Waals surface area (Å²) in [6.45, 7) is 2.37. The van der Waals surface area contributed by atoms with Gasteiger partial charge in [0.05, 0.1) is 12.8 Å². The molecule has 0 unspecified atom stereocenters. The third-order valence-corrected chi connectivity index (χ3v) is 6.40. The van der Waals surface area contributed by atoms with E-state index in [0.717, 1.165) is 21.6 Å². The number of para-hydroxylation sites is 2. The van der Waals surface area contributed by atoms with Gasteiger partial charge >= 0.3 is 6.03 Å². The van der Waals surface area contributed by atoms with Crippen molar-refractivity contribution < 1.29 is 13.9 Å². The minimum absolute atomic E-state index is 0.164. The number of fused-ring (bicyclic) bond motifs is 1. The van der Waals surface area contributed by atoms with E-state index in [-0.39, 0.29) is 11.8 Å². The lowest BCUT2D eigenvalue weighted by Crippen LogP contribution is -2.50. The van der Waals surface area contributed by atoms with E-state index in [4.69, 9.17) is 4.74 Å². The Morgan fingerprint density at radius 2 is 1.82 bits per heavy atom. The average molecular weight is 465 g/mol. The number of nitrogens with one attached hydrogen (secondary N) is 1. The average Bonchev–Trinajstić information content (AvgIpc) is 3.29. The summed E-state index contributed by atoms with van der Waals surface area (Å²) in [6, 6.07) is 13.4. The molecule has 0 spiro atoms. The third kappa shape index (κ3) is 4.17. The fourth-order valence-electron chi connectivity index (χ4n) is 3.84. The van der Waals surface area contributed by atoms with Crippen LogP contribution in [0.2, 0.25) is 0 Å². The van der Waals surface area contributed by atoms with Crippen molar-refractivity contribution in [2.75, 3.05) is 43.5 Å². The van der Waals surface area contributed by atoms with E-state index >= 15 is 0 Å². The summed E-state index contributed by atoms with van der Waals surface area (Å²) in [5.74, 6) is 1.13. The Balaban J connectivity index is 1.30. The number of halogens is 1. The van der Waals surface area contributed by atoms with Gasteiger partial charge in [0.1, 0.15) is 33.8 Å². The Morgan fingerprint density at radius 3 is 2.58 bits per heavy atom. The number of rotatable bonds is 4. The lowest BCUT2D eigenvalue weighted by molar-refractivity contribution is 0.208. The summed E-state index contributed by atoms with van der Waals surface area (Å²) in [7, 11) is 1.58. The number of methoxy groups -OCH3 is 1. The molecule has 168 valence electrons. The van der Waals surface area contributed by atoms with Gasteiger partial charge in [-0.25, -0.2) is 19.2 Å². The van der Waals surface area contributed by atoms with Gasteiger partial charge in [-0.1, -0.05) is 12.1 Å². The minimum Gasteiger partial charge on any atom is -0.495 e. The van der Waals surface area contributed by atoms with Gasteiger partial charge in [-0.05, 0) is 47.9 Å². The van der Waals surface area contributed by atoms with E-state index in [1.165, 1.54) is 30.0 Å². The fraction of sp³-hybridized carbons (Fsp3) is 0.217. The molecule has 4 aromatic rings. The van der Waals surface area contributed by atoms with Gasteiger partial charge in [-0.15, -0.1) is 0 Å². The Kier molecular flexibility index (Phi) is 5.74. The lowest BCUT2D eigenvalue weighted by atomic mass is 10.1. The van der Waals surface area contributed by atoms with Crippen molar-refractivity contribution in [2.45, 2.75) is 0 Å². The maximum atomic E-state index is 13.3. The van der Waals surface area contributed by atoms with Crippen LogP contribution in [-0.2, 0) is 0 Å². The highest BCUT2D eigenvalue weighted by molar-refractivity contribution is 7.14. The van der Waals surface area contributed by atoms with Gasteiger partial charge in [0, 0.05) is 31.7 Å². The normalized spacial score (nSPS) is 13.9. The molecule has 1 aliphatic heterocycles. The number of benzene rings is 2. The quantitative estimate of drug-likeness (QED) is 0.486. The molecule has 2 aromatic heterocycles. The summed E-state index contributed by atoms with van der Waals surface area (Å²) in [4.78, 5) is 25.6. The summed E-state index contributed by atoms with van der Waals surface area (Å²) in [5, 5.41) is 2.92. The molecule has 0 aliphatic carbocycles. The number of piperazine rings is 1. The smallest absolute Gasteiger partial charge is 0.322 e. The van der Waals surface area contributed by atoms with Crippen molar-refractivity contribution in [3.05, 3.63) is 60.7 Å². The van der Waals surface area contributed by atoms with Gasteiger partial charge in [0.15, 0.2) is 5.82 Å². The molecule has 33 heavy (non-hydrogen) atoms. The van der Waals surface area contributed by atoms with Gasteiger partial charge in [-0.3, -0.25) is 0 Å². The summed E-state index contributed by atoms with van der Waals surface area (Å²) in [5.41, 5.74) is 2.91. The van der Waals surface area contributed by atoms with Crippen LogP contribution >= 0.6 is 11.5 Å². The highest BCUT2D eigenvalue weighted by Crippen LogP contribution is 2.34. The molecule has 1 saturated heterocycles. The van der Waals surface area contributed by atoms with Crippen LogP contribution in [-0.4, -0.2) is 58.6 Å².